The molecule has 0 aliphatic carbocycles. The van der Waals surface area contributed by atoms with Gasteiger partial charge >= 0.3 is 0 Å². The summed E-state index contributed by atoms with van der Waals surface area (Å²) in [6.07, 6.45) is 5.06. The van der Waals surface area contributed by atoms with E-state index < -0.39 is 0 Å². The van der Waals surface area contributed by atoms with Crippen molar-refractivity contribution in [1.29, 1.82) is 0 Å². The molecule has 0 aromatic heterocycles. The quantitative estimate of drug-likeness (QED) is 0.522. The largest absolute Gasteiger partial charge is 0.295 e. The van der Waals surface area contributed by atoms with Crippen LogP contribution >= 0.6 is 15.9 Å². The number of carbonyl (C=O) groups is 1. The molecule has 0 unspecified atom stereocenters. The van der Waals surface area contributed by atoms with E-state index in [0.29, 0.717) is 0 Å². The molecule has 0 bridgehead atoms. The fourth-order valence-corrected chi connectivity index (χ4v) is 0.551. The number of hydrogen-bond acceptors (Lipinski definition) is 1. The summed E-state index contributed by atoms with van der Waals surface area (Å²) >= 11 is 3.23. The Labute approximate surface area is 75.6 Å². The second-order valence-corrected chi connectivity index (χ2v) is 3.18. The lowest BCUT2D eigenvalue weighted by atomic mass is 10.2. The average Bonchev–Trinajstić information content (AvgIpc) is 1.86. The maximum Gasteiger partial charge on any atom is 0.152 e. The van der Waals surface area contributed by atoms with Gasteiger partial charge in [-0.1, -0.05) is 34.7 Å². The Balaban J connectivity index is 4.13. The molecule has 60 valence electrons. The highest BCUT2D eigenvalue weighted by Crippen LogP contribution is 2.12. The summed E-state index contributed by atoms with van der Waals surface area (Å²) in [4.78, 5) is 10.4. The molecule has 0 saturated carbocycles. The minimum absolute atomic E-state index is 0.0502. The first kappa shape index (κ1) is 10.4. The van der Waals surface area contributed by atoms with E-state index in [2.05, 4.69) is 22.5 Å². The van der Waals surface area contributed by atoms with Gasteiger partial charge in [-0.15, -0.1) is 0 Å². The van der Waals surface area contributed by atoms with Crippen LogP contribution in [0.1, 0.15) is 13.8 Å². The maximum absolute atomic E-state index is 10.4. The lowest BCUT2D eigenvalue weighted by Gasteiger charge is -1.91. The van der Waals surface area contributed by atoms with Gasteiger partial charge in [-0.3, -0.25) is 4.79 Å². The van der Waals surface area contributed by atoms with Crippen LogP contribution < -0.4 is 0 Å². The molecule has 11 heavy (non-hydrogen) atoms. The van der Waals surface area contributed by atoms with Crippen LogP contribution in [-0.4, -0.2) is 5.78 Å². The zero-order valence-electron chi connectivity index (χ0n) is 6.73. The van der Waals surface area contributed by atoms with Crippen LogP contribution in [0.3, 0.4) is 0 Å². The molecule has 0 radical (unpaired) electrons. The van der Waals surface area contributed by atoms with Crippen LogP contribution in [0.15, 0.2) is 34.9 Å². The highest BCUT2D eigenvalue weighted by Gasteiger charge is 1.87. The first-order chi connectivity index (χ1) is 5.04. The molecule has 1 nitrogen and oxygen atoms in total. The van der Waals surface area contributed by atoms with Gasteiger partial charge in [-0.2, -0.15) is 0 Å². The van der Waals surface area contributed by atoms with Crippen LogP contribution in [-0.2, 0) is 4.79 Å². The molecule has 0 aromatic carbocycles. The van der Waals surface area contributed by atoms with Crippen molar-refractivity contribution in [3.63, 3.8) is 0 Å². The van der Waals surface area contributed by atoms with E-state index in [1.807, 2.05) is 13.0 Å². The van der Waals surface area contributed by atoms with Gasteiger partial charge in [0, 0.05) is 4.48 Å². The van der Waals surface area contributed by atoms with Crippen molar-refractivity contribution in [2.24, 2.45) is 0 Å². The van der Waals surface area contributed by atoms with Crippen molar-refractivity contribution in [3.8, 4) is 0 Å². The third-order valence-electron chi connectivity index (χ3n) is 1.11. The summed E-state index contributed by atoms with van der Waals surface area (Å²) in [5.74, 6) is 0.0502. The Morgan fingerprint density at radius 3 is 2.36 bits per heavy atom. The van der Waals surface area contributed by atoms with E-state index in [0.717, 1.165) is 10.1 Å². The topological polar surface area (TPSA) is 17.1 Å². The molecule has 0 heterocycles. The Morgan fingerprint density at radius 1 is 1.45 bits per heavy atom. The van der Waals surface area contributed by atoms with Crippen molar-refractivity contribution in [2.75, 3.05) is 0 Å². The molecule has 0 rings (SSSR count). The molecular formula is C9H11BrO. The molecule has 0 aliphatic heterocycles. The second kappa shape index (κ2) is 5.08. The van der Waals surface area contributed by atoms with E-state index in [4.69, 9.17) is 0 Å². The molecule has 0 aliphatic rings. The number of carbonyl (C=O) groups excluding carboxylic acids is 1. The summed E-state index contributed by atoms with van der Waals surface area (Å²) in [7, 11) is 0. The predicted octanol–water partition coefficient (Wildman–Crippen LogP) is 2.99. The number of ketones is 1. The van der Waals surface area contributed by atoms with E-state index >= 15 is 0 Å². The van der Waals surface area contributed by atoms with Crippen LogP contribution in [0, 0.1) is 0 Å². The van der Waals surface area contributed by atoms with Crippen LogP contribution in [0.4, 0.5) is 0 Å². The number of allylic oxidation sites excluding steroid dienone is 5. The number of rotatable bonds is 3. The first-order valence-electron chi connectivity index (χ1n) is 3.24. The molecule has 0 spiro atoms. The maximum atomic E-state index is 10.4. The minimum atomic E-state index is 0.0502. The normalized spacial score (nSPS) is 12.1. The SMILES string of the molecule is C=C(Br)C(C)=CC=CC(C)=O. The van der Waals surface area contributed by atoms with E-state index in [9.17, 15) is 4.79 Å². The highest BCUT2D eigenvalue weighted by molar-refractivity contribution is 9.11. The highest BCUT2D eigenvalue weighted by atomic mass is 79.9. The minimum Gasteiger partial charge on any atom is -0.295 e. The Kier molecular flexibility index (Phi) is 4.79. The van der Waals surface area contributed by atoms with Crippen LogP contribution in [0.5, 0.6) is 0 Å². The standard InChI is InChI=1S/C9H11BrO/c1-7(9(3)10)5-4-6-8(2)11/h4-6H,3H2,1-2H3. The Hall–Kier alpha value is -0.630. The molecule has 0 amide bonds. The number of halogens is 1. The zero-order chi connectivity index (χ0) is 8.85. The van der Waals surface area contributed by atoms with Gasteiger partial charge in [0.05, 0.1) is 0 Å². The lowest BCUT2D eigenvalue weighted by molar-refractivity contribution is -0.112. The van der Waals surface area contributed by atoms with Gasteiger partial charge < -0.3 is 0 Å². The van der Waals surface area contributed by atoms with Crippen LogP contribution in [0.25, 0.3) is 0 Å². The molecule has 0 aromatic rings. The van der Waals surface area contributed by atoms with Gasteiger partial charge in [0.15, 0.2) is 5.78 Å². The second-order valence-electron chi connectivity index (χ2n) is 2.22. The summed E-state index contributed by atoms with van der Waals surface area (Å²) in [5, 5.41) is 0. The van der Waals surface area contributed by atoms with E-state index in [1.165, 1.54) is 13.0 Å². The van der Waals surface area contributed by atoms with Crippen LogP contribution in [0.2, 0.25) is 0 Å². The van der Waals surface area contributed by atoms with Crippen molar-refractivity contribution < 1.29 is 4.79 Å². The Morgan fingerprint density at radius 2 is 2.00 bits per heavy atom. The fourth-order valence-electron chi connectivity index (χ4n) is 0.418. The summed E-state index contributed by atoms with van der Waals surface area (Å²) < 4.78 is 0.839. The molecule has 0 fully saturated rings. The van der Waals surface area contributed by atoms with Gasteiger partial charge in [0.25, 0.3) is 0 Å². The number of hydrogen-bond donors (Lipinski definition) is 0. The van der Waals surface area contributed by atoms with Crippen molar-refractivity contribution in [2.45, 2.75) is 13.8 Å². The zero-order valence-corrected chi connectivity index (χ0v) is 8.31. The van der Waals surface area contributed by atoms with E-state index in [1.54, 1.807) is 6.08 Å². The third kappa shape index (κ3) is 5.80. The molecule has 0 N–H and O–H groups in total. The van der Waals surface area contributed by atoms with Gasteiger partial charge in [0.2, 0.25) is 0 Å². The monoisotopic (exact) mass is 214 g/mol. The van der Waals surface area contributed by atoms with Crippen molar-refractivity contribution >= 4 is 21.7 Å². The Bertz CT molecular complexity index is 224. The van der Waals surface area contributed by atoms with Gasteiger partial charge in [-0.05, 0) is 25.5 Å². The molecule has 2 heteroatoms. The van der Waals surface area contributed by atoms with Crippen molar-refractivity contribution in [1.82, 2.24) is 0 Å². The fraction of sp³-hybridized carbons (Fsp3) is 0.222. The molecule has 0 atom stereocenters. The summed E-state index contributed by atoms with van der Waals surface area (Å²) in [6.45, 7) is 7.12. The van der Waals surface area contributed by atoms with Gasteiger partial charge in [0.1, 0.15) is 0 Å². The van der Waals surface area contributed by atoms with Gasteiger partial charge in [-0.25, -0.2) is 0 Å². The smallest absolute Gasteiger partial charge is 0.152 e. The van der Waals surface area contributed by atoms with E-state index in [-0.39, 0.29) is 5.78 Å². The molecule has 0 saturated heterocycles. The predicted molar refractivity (Wildman–Crippen MR) is 51.6 cm³/mol. The average molecular weight is 215 g/mol. The first-order valence-corrected chi connectivity index (χ1v) is 4.03. The van der Waals surface area contributed by atoms with Crippen molar-refractivity contribution in [3.05, 3.63) is 34.9 Å². The molecular weight excluding hydrogens is 204 g/mol. The lowest BCUT2D eigenvalue weighted by Crippen LogP contribution is -1.78. The summed E-state index contributed by atoms with van der Waals surface area (Å²) in [5.41, 5.74) is 1.02. The summed E-state index contributed by atoms with van der Waals surface area (Å²) in [6, 6.07) is 0. The third-order valence-corrected chi connectivity index (χ3v) is 1.73.